The van der Waals surface area contributed by atoms with Crippen molar-refractivity contribution in [2.24, 2.45) is 7.05 Å². The zero-order chi connectivity index (χ0) is 15.5. The molecule has 0 radical (unpaired) electrons. The highest BCUT2D eigenvalue weighted by atomic mass is 32.2. The van der Waals surface area contributed by atoms with E-state index in [2.05, 4.69) is 20.4 Å². The number of halogens is 1. The van der Waals surface area contributed by atoms with Crippen LogP contribution >= 0.6 is 11.8 Å². The molecule has 1 N–H and O–H groups in total. The van der Waals surface area contributed by atoms with Crippen LogP contribution < -0.4 is 0 Å². The summed E-state index contributed by atoms with van der Waals surface area (Å²) in [5, 5.41) is 26.5. The van der Waals surface area contributed by atoms with Crippen LogP contribution in [-0.2, 0) is 13.7 Å². The number of benzene rings is 1. The van der Waals surface area contributed by atoms with Gasteiger partial charge in [-0.15, -0.1) is 20.4 Å². The van der Waals surface area contributed by atoms with Gasteiger partial charge in [0.15, 0.2) is 11.0 Å². The molecule has 6 nitrogen and oxygen atoms in total. The quantitative estimate of drug-likeness (QED) is 0.793. The predicted octanol–water partition coefficient (Wildman–Crippen LogP) is 2.05. The van der Waals surface area contributed by atoms with E-state index in [0.717, 1.165) is 5.56 Å². The third kappa shape index (κ3) is 2.97. The first-order valence-electron chi connectivity index (χ1n) is 6.44. The predicted molar refractivity (Wildman–Crippen MR) is 78.5 cm³/mol. The average molecular weight is 317 g/mol. The third-order valence-electron chi connectivity index (χ3n) is 3.04. The van der Waals surface area contributed by atoms with Gasteiger partial charge in [-0.25, -0.2) is 4.39 Å². The highest BCUT2D eigenvalue weighted by Gasteiger charge is 2.10. The fourth-order valence-corrected chi connectivity index (χ4v) is 2.54. The monoisotopic (exact) mass is 317 g/mol. The Morgan fingerprint density at radius 3 is 2.41 bits per heavy atom. The summed E-state index contributed by atoms with van der Waals surface area (Å²) in [6.07, 6.45) is 0. The summed E-state index contributed by atoms with van der Waals surface area (Å²) in [5.74, 6) is 0.198. The topological polar surface area (TPSA) is 76.7 Å². The smallest absolute Gasteiger partial charge is 0.197 e. The van der Waals surface area contributed by atoms with Gasteiger partial charge >= 0.3 is 0 Å². The SMILES string of the molecule is Cn1c(CO)nnc1Sc1ccc(-c2ccc(F)cc2)nn1. The molecule has 0 aliphatic heterocycles. The average Bonchev–Trinajstić information content (AvgIpc) is 2.89. The highest BCUT2D eigenvalue weighted by Crippen LogP contribution is 2.25. The van der Waals surface area contributed by atoms with Crippen molar-refractivity contribution in [3.63, 3.8) is 0 Å². The lowest BCUT2D eigenvalue weighted by Gasteiger charge is -2.03. The van der Waals surface area contributed by atoms with Gasteiger partial charge in [-0.2, -0.15) is 0 Å². The molecule has 0 amide bonds. The normalized spacial score (nSPS) is 10.9. The summed E-state index contributed by atoms with van der Waals surface area (Å²) in [6, 6.07) is 9.70. The maximum absolute atomic E-state index is 12.9. The minimum Gasteiger partial charge on any atom is -0.388 e. The van der Waals surface area contributed by atoms with Crippen LogP contribution in [0.3, 0.4) is 0 Å². The molecule has 0 aliphatic rings. The molecular weight excluding hydrogens is 305 g/mol. The minimum absolute atomic E-state index is 0.167. The summed E-state index contributed by atoms with van der Waals surface area (Å²) < 4.78 is 14.6. The summed E-state index contributed by atoms with van der Waals surface area (Å²) in [7, 11) is 1.77. The number of aliphatic hydroxyl groups excluding tert-OH is 1. The van der Waals surface area contributed by atoms with Gasteiger partial charge in [0, 0.05) is 12.6 Å². The molecule has 0 unspecified atom stereocenters. The lowest BCUT2D eigenvalue weighted by atomic mass is 10.1. The Kier molecular flexibility index (Phi) is 4.12. The molecule has 0 bridgehead atoms. The molecule has 3 rings (SSSR count). The molecule has 2 aromatic heterocycles. The molecule has 2 heterocycles. The van der Waals surface area contributed by atoms with Crippen molar-refractivity contribution >= 4 is 11.8 Å². The van der Waals surface area contributed by atoms with E-state index in [4.69, 9.17) is 5.11 Å². The van der Waals surface area contributed by atoms with Crippen molar-refractivity contribution in [3.05, 3.63) is 48.0 Å². The van der Waals surface area contributed by atoms with E-state index in [1.807, 2.05) is 12.1 Å². The minimum atomic E-state index is -0.286. The maximum atomic E-state index is 12.9. The highest BCUT2D eigenvalue weighted by molar-refractivity contribution is 7.99. The zero-order valence-electron chi connectivity index (χ0n) is 11.6. The van der Waals surface area contributed by atoms with Gasteiger partial charge in [-0.1, -0.05) is 0 Å². The van der Waals surface area contributed by atoms with Crippen molar-refractivity contribution in [2.45, 2.75) is 16.8 Å². The Morgan fingerprint density at radius 1 is 1.05 bits per heavy atom. The van der Waals surface area contributed by atoms with Gasteiger partial charge in [0.1, 0.15) is 17.5 Å². The summed E-state index contributed by atoms with van der Waals surface area (Å²) >= 11 is 1.30. The van der Waals surface area contributed by atoms with Crippen molar-refractivity contribution in [3.8, 4) is 11.3 Å². The molecule has 8 heteroatoms. The molecule has 22 heavy (non-hydrogen) atoms. The van der Waals surface area contributed by atoms with Crippen LogP contribution in [-0.4, -0.2) is 30.1 Å². The van der Waals surface area contributed by atoms with Crippen molar-refractivity contribution < 1.29 is 9.50 Å². The fraction of sp³-hybridized carbons (Fsp3) is 0.143. The summed E-state index contributed by atoms with van der Waals surface area (Å²) in [4.78, 5) is 0. The standard InChI is InChI=1S/C14H12FN5OS/c1-20-12(8-21)17-19-14(20)22-13-7-6-11(16-18-13)9-2-4-10(15)5-3-9/h2-7,21H,8H2,1H3. The number of hydrogen-bond donors (Lipinski definition) is 1. The Balaban J connectivity index is 1.79. The molecule has 0 fully saturated rings. The van der Waals surface area contributed by atoms with Crippen molar-refractivity contribution in [1.29, 1.82) is 0 Å². The van der Waals surface area contributed by atoms with Crippen LogP contribution in [0.2, 0.25) is 0 Å². The van der Waals surface area contributed by atoms with E-state index in [1.165, 1.54) is 23.9 Å². The van der Waals surface area contributed by atoms with Crippen molar-refractivity contribution in [2.75, 3.05) is 0 Å². The Labute approximate surface area is 130 Å². The lowest BCUT2D eigenvalue weighted by molar-refractivity contribution is 0.266. The lowest BCUT2D eigenvalue weighted by Crippen LogP contribution is -1.98. The number of hydrogen-bond acceptors (Lipinski definition) is 6. The van der Waals surface area contributed by atoms with E-state index in [-0.39, 0.29) is 12.4 Å². The molecule has 112 valence electrons. The van der Waals surface area contributed by atoms with E-state index in [9.17, 15) is 4.39 Å². The van der Waals surface area contributed by atoms with E-state index < -0.39 is 0 Å². The zero-order valence-corrected chi connectivity index (χ0v) is 12.5. The van der Waals surface area contributed by atoms with Gasteiger partial charge in [-0.3, -0.25) is 0 Å². The number of aromatic nitrogens is 5. The fourth-order valence-electron chi connectivity index (χ4n) is 1.81. The number of aliphatic hydroxyl groups is 1. The van der Waals surface area contributed by atoms with Gasteiger partial charge in [0.25, 0.3) is 0 Å². The van der Waals surface area contributed by atoms with Gasteiger partial charge in [0.05, 0.1) is 5.69 Å². The summed E-state index contributed by atoms with van der Waals surface area (Å²) in [5.41, 5.74) is 1.46. The van der Waals surface area contributed by atoms with E-state index >= 15 is 0 Å². The van der Waals surface area contributed by atoms with Crippen LogP contribution in [0.5, 0.6) is 0 Å². The summed E-state index contributed by atoms with van der Waals surface area (Å²) in [6.45, 7) is -0.167. The molecule has 0 saturated heterocycles. The van der Waals surface area contributed by atoms with Gasteiger partial charge < -0.3 is 9.67 Å². The van der Waals surface area contributed by atoms with E-state index in [0.29, 0.717) is 21.7 Å². The van der Waals surface area contributed by atoms with Gasteiger partial charge in [-0.05, 0) is 48.2 Å². The van der Waals surface area contributed by atoms with Crippen LogP contribution in [0, 0.1) is 5.82 Å². The molecule has 0 spiro atoms. The first-order valence-corrected chi connectivity index (χ1v) is 7.25. The first kappa shape index (κ1) is 14.6. The first-order chi connectivity index (χ1) is 10.7. The number of nitrogens with zero attached hydrogens (tertiary/aromatic N) is 5. The molecule has 0 saturated carbocycles. The largest absolute Gasteiger partial charge is 0.388 e. The molecule has 3 aromatic rings. The van der Waals surface area contributed by atoms with Crippen LogP contribution in [0.15, 0.2) is 46.6 Å². The van der Waals surface area contributed by atoms with Crippen LogP contribution in [0.1, 0.15) is 5.82 Å². The second kappa shape index (κ2) is 6.20. The number of rotatable bonds is 4. The molecule has 1 aromatic carbocycles. The van der Waals surface area contributed by atoms with Crippen LogP contribution in [0.25, 0.3) is 11.3 Å². The third-order valence-corrected chi connectivity index (χ3v) is 4.01. The van der Waals surface area contributed by atoms with Crippen LogP contribution in [0.4, 0.5) is 4.39 Å². The molecular formula is C14H12FN5OS. The Bertz CT molecular complexity index is 773. The maximum Gasteiger partial charge on any atom is 0.197 e. The Morgan fingerprint density at radius 2 is 1.82 bits per heavy atom. The second-order valence-corrected chi connectivity index (χ2v) is 5.47. The second-order valence-electron chi connectivity index (χ2n) is 4.48. The van der Waals surface area contributed by atoms with E-state index in [1.54, 1.807) is 23.7 Å². The molecule has 0 atom stereocenters. The molecule has 0 aliphatic carbocycles. The van der Waals surface area contributed by atoms with Gasteiger partial charge in [0.2, 0.25) is 0 Å². The Hall–Kier alpha value is -2.32. The van der Waals surface area contributed by atoms with Crippen molar-refractivity contribution in [1.82, 2.24) is 25.0 Å².